The lowest BCUT2D eigenvalue weighted by molar-refractivity contribution is -0.385. The lowest BCUT2D eigenvalue weighted by atomic mass is 10.3. The van der Waals surface area contributed by atoms with Crippen molar-refractivity contribution in [3.8, 4) is 5.75 Å². The van der Waals surface area contributed by atoms with Crippen molar-refractivity contribution in [1.29, 1.82) is 0 Å². The Balaban J connectivity index is 3.41. The molecule has 0 aliphatic heterocycles. The summed E-state index contributed by atoms with van der Waals surface area (Å²) in [5.41, 5.74) is -0.170. The Hall–Kier alpha value is -1.87. The summed E-state index contributed by atoms with van der Waals surface area (Å²) in [5.74, 6) is 2.65. The maximum absolute atomic E-state index is 12.2. The minimum Gasteiger partial charge on any atom is -0.490 e. The van der Waals surface area contributed by atoms with E-state index in [1.807, 2.05) is 0 Å². The first-order chi connectivity index (χ1) is 7.98. The number of rotatable bonds is 5. The molecule has 1 aromatic rings. The maximum Gasteiger partial charge on any atom is 0.310 e. The normalized spacial score (nSPS) is 10.6. The Morgan fingerprint density at radius 2 is 2.00 bits per heavy atom. The van der Waals surface area contributed by atoms with Crippen molar-refractivity contribution in [3.63, 3.8) is 0 Å². The van der Waals surface area contributed by atoms with Gasteiger partial charge >= 0.3 is 5.69 Å². The largest absolute Gasteiger partial charge is 0.490 e. The van der Waals surface area contributed by atoms with Gasteiger partial charge in [-0.3, -0.25) is 10.1 Å². The van der Waals surface area contributed by atoms with E-state index in [1.165, 1.54) is 36.9 Å². The smallest absolute Gasteiger partial charge is 0.310 e. The van der Waals surface area contributed by atoms with Crippen molar-refractivity contribution in [1.82, 2.24) is 0 Å². The molecule has 0 atom stereocenters. The van der Waals surface area contributed by atoms with E-state index >= 15 is 0 Å². The van der Waals surface area contributed by atoms with E-state index in [2.05, 4.69) is 13.2 Å². The summed E-state index contributed by atoms with van der Waals surface area (Å²) in [6.07, 6.45) is 0. The quantitative estimate of drug-likeness (QED) is 0.459. The van der Waals surface area contributed by atoms with E-state index in [0.717, 1.165) is 0 Å². The number of hydrogen-bond acceptors (Lipinski definition) is 4. The van der Waals surface area contributed by atoms with Crippen LogP contribution in [0.1, 0.15) is 0 Å². The standard InChI is InChI=1S/C11H12NO4P/c1-4-17(15,5-2)9-6-7-10(12(13)14)11(8-9)16-3/h4-8H,1-2H2,3H3. The fourth-order valence-corrected chi connectivity index (χ4v) is 2.52. The molecule has 90 valence electrons. The highest BCUT2D eigenvalue weighted by molar-refractivity contribution is 7.77. The third-order valence-electron chi connectivity index (χ3n) is 2.31. The van der Waals surface area contributed by atoms with Gasteiger partial charge in [-0.05, 0) is 23.8 Å². The average molecular weight is 253 g/mol. The first-order valence-electron chi connectivity index (χ1n) is 4.68. The molecule has 0 unspecified atom stereocenters. The summed E-state index contributed by atoms with van der Waals surface area (Å²) in [5, 5.41) is 11.1. The summed E-state index contributed by atoms with van der Waals surface area (Å²) in [4.78, 5) is 10.1. The fraction of sp³-hybridized carbons (Fsp3) is 0.0909. The van der Waals surface area contributed by atoms with Crippen LogP contribution in [-0.4, -0.2) is 12.0 Å². The van der Waals surface area contributed by atoms with E-state index in [0.29, 0.717) is 5.30 Å². The van der Waals surface area contributed by atoms with Gasteiger partial charge in [-0.1, -0.05) is 13.2 Å². The second kappa shape index (κ2) is 4.97. The van der Waals surface area contributed by atoms with Crippen LogP contribution in [0.2, 0.25) is 0 Å². The van der Waals surface area contributed by atoms with Gasteiger partial charge in [-0.2, -0.15) is 0 Å². The van der Waals surface area contributed by atoms with Gasteiger partial charge in [0, 0.05) is 11.4 Å². The second-order valence-corrected chi connectivity index (χ2v) is 5.85. The predicted octanol–water partition coefficient (Wildman–Crippen LogP) is 2.88. The van der Waals surface area contributed by atoms with Crippen LogP contribution in [-0.2, 0) is 4.57 Å². The zero-order valence-electron chi connectivity index (χ0n) is 9.33. The van der Waals surface area contributed by atoms with Crippen LogP contribution in [0.5, 0.6) is 5.75 Å². The molecule has 0 saturated heterocycles. The zero-order valence-corrected chi connectivity index (χ0v) is 10.2. The summed E-state index contributed by atoms with van der Waals surface area (Å²) >= 11 is 0. The minimum atomic E-state index is -2.90. The molecule has 0 amide bonds. The topological polar surface area (TPSA) is 69.4 Å². The summed E-state index contributed by atoms with van der Waals surface area (Å²) in [6.45, 7) is 6.97. The molecule has 5 nitrogen and oxygen atoms in total. The summed E-state index contributed by atoms with van der Waals surface area (Å²) < 4.78 is 17.1. The van der Waals surface area contributed by atoms with Crippen molar-refractivity contribution < 1.29 is 14.2 Å². The highest BCUT2D eigenvalue weighted by atomic mass is 31.2. The molecule has 0 radical (unpaired) electrons. The van der Waals surface area contributed by atoms with Gasteiger partial charge in [0.15, 0.2) is 12.9 Å². The fourth-order valence-electron chi connectivity index (χ4n) is 1.32. The summed E-state index contributed by atoms with van der Waals surface area (Å²) in [7, 11) is -1.58. The van der Waals surface area contributed by atoms with Crippen molar-refractivity contribution in [3.05, 3.63) is 53.1 Å². The Bertz CT molecular complexity index is 512. The third-order valence-corrected chi connectivity index (χ3v) is 4.48. The van der Waals surface area contributed by atoms with Crippen molar-refractivity contribution in [2.45, 2.75) is 0 Å². The SMILES string of the molecule is C=CP(=O)(C=C)c1ccc([N+](=O)[O-])c(OC)c1. The number of nitro benzene ring substituents is 1. The summed E-state index contributed by atoms with van der Waals surface area (Å²) in [6, 6.07) is 4.06. The van der Waals surface area contributed by atoms with Gasteiger partial charge in [0.1, 0.15) is 0 Å². The van der Waals surface area contributed by atoms with E-state index in [1.54, 1.807) is 0 Å². The Morgan fingerprint density at radius 3 is 2.41 bits per heavy atom. The molecule has 0 aromatic heterocycles. The molecule has 0 fully saturated rings. The number of nitrogens with zero attached hydrogens (tertiary/aromatic N) is 1. The molecule has 0 aliphatic rings. The van der Waals surface area contributed by atoms with Crippen LogP contribution in [0, 0.1) is 10.1 Å². The molecule has 0 N–H and O–H groups in total. The first-order valence-corrected chi connectivity index (χ1v) is 6.52. The number of methoxy groups -OCH3 is 1. The van der Waals surface area contributed by atoms with E-state index < -0.39 is 12.1 Å². The molecule has 0 bridgehead atoms. The molecule has 1 rings (SSSR count). The molecule has 0 spiro atoms. The van der Waals surface area contributed by atoms with Crippen LogP contribution in [0.3, 0.4) is 0 Å². The number of hydrogen-bond donors (Lipinski definition) is 0. The second-order valence-electron chi connectivity index (χ2n) is 3.19. The van der Waals surface area contributed by atoms with E-state index in [-0.39, 0.29) is 11.4 Å². The zero-order chi connectivity index (χ0) is 13.1. The van der Waals surface area contributed by atoms with Crippen LogP contribution in [0.4, 0.5) is 5.69 Å². The molecule has 0 saturated carbocycles. The van der Waals surface area contributed by atoms with Crippen LogP contribution in [0.25, 0.3) is 0 Å². The molecular weight excluding hydrogens is 241 g/mol. The van der Waals surface area contributed by atoms with Gasteiger partial charge in [0.2, 0.25) is 0 Å². The minimum absolute atomic E-state index is 0.0661. The van der Waals surface area contributed by atoms with Crippen LogP contribution >= 0.6 is 7.14 Å². The van der Waals surface area contributed by atoms with Gasteiger partial charge in [0.05, 0.1) is 12.0 Å². The lowest BCUT2D eigenvalue weighted by Crippen LogP contribution is -2.04. The van der Waals surface area contributed by atoms with Crippen LogP contribution < -0.4 is 10.0 Å². The number of nitro groups is 1. The molecular formula is C11H12NO4P. The average Bonchev–Trinajstić information content (AvgIpc) is 2.36. The van der Waals surface area contributed by atoms with Gasteiger partial charge in [-0.15, -0.1) is 0 Å². The monoisotopic (exact) mass is 253 g/mol. The molecule has 17 heavy (non-hydrogen) atoms. The Morgan fingerprint density at radius 1 is 1.41 bits per heavy atom. The highest BCUT2D eigenvalue weighted by Gasteiger charge is 2.21. The van der Waals surface area contributed by atoms with Gasteiger partial charge in [0.25, 0.3) is 0 Å². The van der Waals surface area contributed by atoms with Crippen molar-refractivity contribution in [2.75, 3.05) is 7.11 Å². The molecule has 0 heterocycles. The highest BCUT2D eigenvalue weighted by Crippen LogP contribution is 2.47. The van der Waals surface area contributed by atoms with Crippen molar-refractivity contribution in [2.24, 2.45) is 0 Å². The predicted molar refractivity (Wildman–Crippen MR) is 67.3 cm³/mol. The lowest BCUT2D eigenvalue weighted by Gasteiger charge is -2.10. The molecule has 6 heteroatoms. The van der Waals surface area contributed by atoms with Crippen LogP contribution in [0.15, 0.2) is 43.0 Å². The van der Waals surface area contributed by atoms with E-state index in [9.17, 15) is 14.7 Å². The van der Waals surface area contributed by atoms with E-state index in [4.69, 9.17) is 4.74 Å². The Kier molecular flexibility index (Phi) is 3.86. The Labute approximate surface area is 98.9 Å². The number of ether oxygens (including phenoxy) is 1. The number of benzene rings is 1. The molecule has 0 aliphatic carbocycles. The van der Waals surface area contributed by atoms with Gasteiger partial charge in [-0.25, -0.2) is 0 Å². The van der Waals surface area contributed by atoms with Gasteiger partial charge < -0.3 is 9.30 Å². The van der Waals surface area contributed by atoms with Crippen molar-refractivity contribution >= 4 is 18.1 Å². The third kappa shape index (κ3) is 2.45. The first kappa shape index (κ1) is 13.2. The molecule has 1 aromatic carbocycles. The maximum atomic E-state index is 12.2.